The van der Waals surface area contributed by atoms with Crippen LogP contribution in [0.15, 0.2) is 68.8 Å². The van der Waals surface area contributed by atoms with Crippen molar-refractivity contribution < 1.29 is 0 Å². The second-order valence-corrected chi connectivity index (χ2v) is 9.53. The molecule has 5 nitrogen and oxygen atoms in total. The zero-order chi connectivity index (χ0) is 21.8. The Bertz CT molecular complexity index is 1370. The number of halogens is 1. The first-order valence-corrected chi connectivity index (χ1v) is 10.6. The third kappa shape index (κ3) is 3.25. The van der Waals surface area contributed by atoms with E-state index in [1.165, 1.54) is 21.7 Å². The van der Waals surface area contributed by atoms with Crippen LogP contribution < -0.4 is 11.2 Å². The van der Waals surface area contributed by atoms with E-state index in [2.05, 4.69) is 61.0 Å². The fraction of sp³-hybridized carbons (Fsp3) is 0.250. The standard InChI is InChI=1S/C24H24BrN3O2/c1-24(2,3)16-8-6-15(7-9-16)21-20-19(26(4)23(30)27(5)22(20)29)14-28(21)18-12-10-17(25)11-13-18/h6-14H,1-5H3. The molecule has 4 aromatic rings. The average molecular weight is 466 g/mol. The van der Waals surface area contributed by atoms with E-state index < -0.39 is 0 Å². The lowest BCUT2D eigenvalue weighted by Crippen LogP contribution is -2.36. The van der Waals surface area contributed by atoms with Crippen LogP contribution in [0.5, 0.6) is 0 Å². The minimum absolute atomic E-state index is 0.0360. The second-order valence-electron chi connectivity index (χ2n) is 8.62. The molecule has 0 saturated carbocycles. The van der Waals surface area contributed by atoms with Gasteiger partial charge in [0.2, 0.25) is 0 Å². The van der Waals surface area contributed by atoms with Crippen LogP contribution in [-0.4, -0.2) is 13.7 Å². The Morgan fingerprint density at radius 2 is 1.43 bits per heavy atom. The van der Waals surface area contributed by atoms with E-state index in [1.54, 1.807) is 7.05 Å². The van der Waals surface area contributed by atoms with Gasteiger partial charge in [-0.3, -0.25) is 13.9 Å². The summed E-state index contributed by atoms with van der Waals surface area (Å²) in [4.78, 5) is 25.7. The van der Waals surface area contributed by atoms with Crippen LogP contribution >= 0.6 is 15.9 Å². The third-order valence-corrected chi connectivity index (χ3v) is 6.10. The van der Waals surface area contributed by atoms with Gasteiger partial charge in [0, 0.05) is 30.5 Å². The molecular formula is C24H24BrN3O2. The highest BCUT2D eigenvalue weighted by molar-refractivity contribution is 9.10. The van der Waals surface area contributed by atoms with Gasteiger partial charge >= 0.3 is 5.69 Å². The van der Waals surface area contributed by atoms with Gasteiger partial charge in [0.05, 0.1) is 16.6 Å². The smallest absolute Gasteiger partial charge is 0.314 e. The summed E-state index contributed by atoms with van der Waals surface area (Å²) in [5.41, 5.74) is 3.86. The molecule has 2 aromatic carbocycles. The van der Waals surface area contributed by atoms with Crippen molar-refractivity contribution in [2.45, 2.75) is 26.2 Å². The minimum Gasteiger partial charge on any atom is -0.314 e. The van der Waals surface area contributed by atoms with Gasteiger partial charge in [-0.2, -0.15) is 0 Å². The Balaban J connectivity index is 2.10. The van der Waals surface area contributed by atoms with Crippen LogP contribution in [0.4, 0.5) is 0 Å². The lowest BCUT2D eigenvalue weighted by Gasteiger charge is -2.19. The van der Waals surface area contributed by atoms with Crippen molar-refractivity contribution in [2.75, 3.05) is 0 Å². The van der Waals surface area contributed by atoms with Gasteiger partial charge in [-0.25, -0.2) is 4.79 Å². The summed E-state index contributed by atoms with van der Waals surface area (Å²) in [6.45, 7) is 6.52. The van der Waals surface area contributed by atoms with E-state index in [-0.39, 0.29) is 16.7 Å². The SMILES string of the molecule is Cn1c(=O)c2c(-c3ccc(C(C)(C)C)cc3)n(-c3ccc(Br)cc3)cc2n(C)c1=O. The van der Waals surface area contributed by atoms with Gasteiger partial charge in [-0.05, 0) is 40.8 Å². The summed E-state index contributed by atoms with van der Waals surface area (Å²) in [7, 11) is 3.22. The van der Waals surface area contributed by atoms with Crippen molar-refractivity contribution in [3.63, 3.8) is 0 Å². The molecule has 0 spiro atoms. The highest BCUT2D eigenvalue weighted by atomic mass is 79.9. The molecule has 0 radical (unpaired) electrons. The molecule has 0 atom stereocenters. The molecule has 0 aliphatic rings. The van der Waals surface area contributed by atoms with Crippen molar-refractivity contribution in [2.24, 2.45) is 14.1 Å². The first-order valence-electron chi connectivity index (χ1n) is 9.77. The molecule has 2 heterocycles. The minimum atomic E-state index is -0.338. The molecule has 30 heavy (non-hydrogen) atoms. The van der Waals surface area contributed by atoms with Crippen LogP contribution in [-0.2, 0) is 19.5 Å². The molecule has 6 heteroatoms. The largest absolute Gasteiger partial charge is 0.330 e. The molecule has 0 N–H and O–H groups in total. The highest BCUT2D eigenvalue weighted by Gasteiger charge is 2.21. The monoisotopic (exact) mass is 465 g/mol. The Kier molecular flexibility index (Phi) is 4.85. The van der Waals surface area contributed by atoms with Crippen molar-refractivity contribution in [1.29, 1.82) is 0 Å². The summed E-state index contributed by atoms with van der Waals surface area (Å²) in [5, 5.41) is 0.533. The van der Waals surface area contributed by atoms with Crippen LogP contribution in [0.1, 0.15) is 26.3 Å². The Morgan fingerprint density at radius 3 is 2.00 bits per heavy atom. The fourth-order valence-corrected chi connectivity index (χ4v) is 4.02. The van der Waals surface area contributed by atoms with Gasteiger partial charge in [0.25, 0.3) is 5.56 Å². The number of hydrogen-bond donors (Lipinski definition) is 0. The first kappa shape index (κ1) is 20.4. The van der Waals surface area contributed by atoms with E-state index in [9.17, 15) is 9.59 Å². The predicted molar refractivity (Wildman–Crippen MR) is 126 cm³/mol. The number of nitrogens with zero attached hydrogens (tertiary/aromatic N) is 3. The van der Waals surface area contributed by atoms with Gasteiger partial charge < -0.3 is 4.57 Å². The predicted octanol–water partition coefficient (Wildman–Crippen LogP) is 4.75. The van der Waals surface area contributed by atoms with Crippen LogP contribution in [0.2, 0.25) is 0 Å². The molecule has 0 unspecified atom stereocenters. The van der Waals surface area contributed by atoms with Crippen molar-refractivity contribution in [3.05, 3.63) is 85.6 Å². The maximum absolute atomic E-state index is 13.1. The Labute approximate surface area is 183 Å². The lowest BCUT2D eigenvalue weighted by atomic mass is 9.86. The molecule has 0 amide bonds. The third-order valence-electron chi connectivity index (χ3n) is 5.57. The number of fused-ring (bicyclic) bond motifs is 1. The number of aryl methyl sites for hydroxylation is 1. The van der Waals surface area contributed by atoms with Crippen LogP contribution in [0.3, 0.4) is 0 Å². The molecule has 4 rings (SSSR count). The number of benzene rings is 2. The van der Waals surface area contributed by atoms with Crippen molar-refractivity contribution in [1.82, 2.24) is 13.7 Å². The van der Waals surface area contributed by atoms with E-state index in [4.69, 9.17) is 0 Å². The van der Waals surface area contributed by atoms with Crippen LogP contribution in [0.25, 0.3) is 27.8 Å². The van der Waals surface area contributed by atoms with Crippen molar-refractivity contribution >= 4 is 26.8 Å². The topological polar surface area (TPSA) is 48.9 Å². The molecule has 2 aromatic heterocycles. The number of aromatic nitrogens is 3. The zero-order valence-corrected chi connectivity index (χ0v) is 19.3. The number of hydrogen-bond acceptors (Lipinski definition) is 2. The molecule has 0 aliphatic carbocycles. The maximum atomic E-state index is 13.1. The quantitative estimate of drug-likeness (QED) is 0.428. The summed E-state index contributed by atoms with van der Waals surface area (Å²) < 4.78 is 5.66. The summed E-state index contributed by atoms with van der Waals surface area (Å²) >= 11 is 3.48. The van der Waals surface area contributed by atoms with E-state index in [0.717, 1.165) is 21.4 Å². The van der Waals surface area contributed by atoms with E-state index >= 15 is 0 Å². The highest BCUT2D eigenvalue weighted by Crippen LogP contribution is 2.33. The number of rotatable bonds is 2. The van der Waals surface area contributed by atoms with Crippen LogP contribution in [0, 0.1) is 0 Å². The molecular weight excluding hydrogens is 442 g/mol. The van der Waals surface area contributed by atoms with Gasteiger partial charge in [0.1, 0.15) is 0 Å². The Morgan fingerprint density at radius 1 is 0.833 bits per heavy atom. The van der Waals surface area contributed by atoms with Gasteiger partial charge in [0.15, 0.2) is 0 Å². The van der Waals surface area contributed by atoms with Gasteiger partial charge in [-0.15, -0.1) is 0 Å². The zero-order valence-electron chi connectivity index (χ0n) is 17.7. The first-order chi connectivity index (χ1) is 14.1. The Hall–Kier alpha value is -2.86. The van der Waals surface area contributed by atoms with Crippen molar-refractivity contribution in [3.8, 4) is 16.9 Å². The van der Waals surface area contributed by atoms with E-state index in [1.807, 2.05) is 35.0 Å². The molecule has 154 valence electrons. The molecule has 0 fully saturated rings. The summed E-state index contributed by atoms with van der Waals surface area (Å²) in [6, 6.07) is 16.2. The molecule has 0 bridgehead atoms. The van der Waals surface area contributed by atoms with E-state index in [0.29, 0.717) is 10.9 Å². The average Bonchev–Trinajstić information content (AvgIpc) is 3.11. The lowest BCUT2D eigenvalue weighted by molar-refractivity contribution is 0.590. The summed E-state index contributed by atoms with van der Waals surface area (Å²) in [5.74, 6) is 0. The normalized spacial score (nSPS) is 11.9. The summed E-state index contributed by atoms with van der Waals surface area (Å²) in [6.07, 6.45) is 1.87. The maximum Gasteiger partial charge on any atom is 0.330 e. The molecule has 0 saturated heterocycles. The van der Waals surface area contributed by atoms with Gasteiger partial charge in [-0.1, -0.05) is 61.0 Å². The fourth-order valence-electron chi connectivity index (χ4n) is 3.76. The molecule has 0 aliphatic heterocycles. The second kappa shape index (κ2) is 7.13.